The zero-order valence-corrected chi connectivity index (χ0v) is 8.29. The van der Waals surface area contributed by atoms with Gasteiger partial charge in [0.05, 0.1) is 5.69 Å². The summed E-state index contributed by atoms with van der Waals surface area (Å²) in [7, 11) is 0. The molecule has 1 aromatic heterocycles. The Balaban J connectivity index is 2.77. The van der Waals surface area contributed by atoms with Gasteiger partial charge in [-0.25, -0.2) is 4.68 Å². The summed E-state index contributed by atoms with van der Waals surface area (Å²) >= 11 is 4.05. The molecular weight excluding hydrogens is 188 g/mol. The number of Topliss-reactive ketones (excluding diaryl/α,β-unsaturated/α-hetero) is 1. The molecule has 72 valence electrons. The van der Waals surface area contributed by atoms with E-state index in [4.69, 9.17) is 0 Å². The van der Waals surface area contributed by atoms with Gasteiger partial charge in [0, 0.05) is 12.5 Å². The van der Waals surface area contributed by atoms with E-state index in [1.165, 1.54) is 11.6 Å². The molecule has 0 spiro atoms. The summed E-state index contributed by atoms with van der Waals surface area (Å²) in [4.78, 5) is 10.7. The number of hydrogen-bond donors (Lipinski definition) is 2. The van der Waals surface area contributed by atoms with Gasteiger partial charge in [-0.1, -0.05) is 0 Å². The van der Waals surface area contributed by atoms with Gasteiger partial charge in [0.15, 0.2) is 5.78 Å². The van der Waals surface area contributed by atoms with E-state index < -0.39 is 0 Å². The molecule has 0 unspecified atom stereocenters. The summed E-state index contributed by atoms with van der Waals surface area (Å²) in [6.07, 6.45) is 0.696. The maximum atomic E-state index is 10.7. The van der Waals surface area contributed by atoms with Crippen molar-refractivity contribution in [3.8, 4) is 5.88 Å². The summed E-state index contributed by atoms with van der Waals surface area (Å²) in [5, 5.41) is 13.4. The number of carbonyl (C=O) groups excluding carboxylic acids is 1. The van der Waals surface area contributed by atoms with E-state index in [-0.39, 0.29) is 18.2 Å². The van der Waals surface area contributed by atoms with Crippen LogP contribution in [0.15, 0.2) is 6.07 Å². The Morgan fingerprint density at radius 2 is 2.46 bits per heavy atom. The standard InChI is InChI=1S/C8H12N2O2S/c1-6(11)5-10-8(12)4-7(9-10)2-3-13/h4,12-13H,2-3,5H2,1H3. The average molecular weight is 200 g/mol. The molecule has 0 amide bonds. The van der Waals surface area contributed by atoms with Crippen LogP contribution in [0.1, 0.15) is 12.6 Å². The molecule has 0 radical (unpaired) electrons. The van der Waals surface area contributed by atoms with E-state index in [0.29, 0.717) is 12.2 Å². The summed E-state index contributed by atoms with van der Waals surface area (Å²) in [5.41, 5.74) is 0.758. The highest BCUT2D eigenvalue weighted by Crippen LogP contribution is 2.11. The van der Waals surface area contributed by atoms with E-state index in [1.54, 1.807) is 6.07 Å². The number of aromatic nitrogens is 2. The van der Waals surface area contributed by atoms with Crippen LogP contribution in [0.3, 0.4) is 0 Å². The summed E-state index contributed by atoms with van der Waals surface area (Å²) < 4.78 is 1.29. The maximum Gasteiger partial charge on any atom is 0.209 e. The molecule has 0 bridgehead atoms. The molecule has 0 aliphatic rings. The maximum absolute atomic E-state index is 10.7. The summed E-state index contributed by atoms with van der Waals surface area (Å²) in [6, 6.07) is 1.55. The van der Waals surface area contributed by atoms with E-state index in [9.17, 15) is 9.90 Å². The lowest BCUT2D eigenvalue weighted by Crippen LogP contribution is -2.07. The van der Waals surface area contributed by atoms with Gasteiger partial charge in [-0.05, 0) is 12.7 Å². The predicted octanol–water partition coefficient (Wildman–Crippen LogP) is 0.650. The van der Waals surface area contributed by atoms with Crippen molar-refractivity contribution in [3.05, 3.63) is 11.8 Å². The second-order valence-electron chi connectivity index (χ2n) is 2.83. The molecule has 0 aliphatic heterocycles. The van der Waals surface area contributed by atoms with Gasteiger partial charge in [0.1, 0.15) is 6.54 Å². The molecule has 1 aromatic rings. The fourth-order valence-electron chi connectivity index (χ4n) is 1.02. The van der Waals surface area contributed by atoms with Crippen LogP contribution in [0.2, 0.25) is 0 Å². The van der Waals surface area contributed by atoms with Crippen molar-refractivity contribution in [2.24, 2.45) is 0 Å². The number of aryl methyl sites for hydroxylation is 1. The molecule has 4 nitrogen and oxygen atoms in total. The van der Waals surface area contributed by atoms with Crippen LogP contribution in [-0.2, 0) is 17.8 Å². The fraction of sp³-hybridized carbons (Fsp3) is 0.500. The van der Waals surface area contributed by atoms with Crippen molar-refractivity contribution >= 4 is 18.4 Å². The zero-order chi connectivity index (χ0) is 9.84. The molecule has 1 rings (SSSR count). The molecule has 13 heavy (non-hydrogen) atoms. The van der Waals surface area contributed by atoms with E-state index >= 15 is 0 Å². The first kappa shape index (κ1) is 10.1. The molecule has 0 aliphatic carbocycles. The average Bonchev–Trinajstić information content (AvgIpc) is 2.31. The summed E-state index contributed by atoms with van der Waals surface area (Å²) in [5.74, 6) is 0.680. The Morgan fingerprint density at radius 1 is 1.77 bits per heavy atom. The van der Waals surface area contributed by atoms with Crippen LogP contribution >= 0.6 is 12.6 Å². The van der Waals surface area contributed by atoms with Crippen LogP contribution in [0.25, 0.3) is 0 Å². The Labute approximate surface area is 82.0 Å². The molecule has 0 atom stereocenters. The van der Waals surface area contributed by atoms with Crippen molar-refractivity contribution in [1.29, 1.82) is 0 Å². The topological polar surface area (TPSA) is 55.1 Å². The smallest absolute Gasteiger partial charge is 0.209 e. The third-order valence-electron chi connectivity index (χ3n) is 1.55. The van der Waals surface area contributed by atoms with Crippen LogP contribution in [0.5, 0.6) is 5.88 Å². The molecule has 0 saturated carbocycles. The molecule has 0 fully saturated rings. The highest BCUT2D eigenvalue weighted by Gasteiger charge is 2.06. The molecule has 5 heteroatoms. The molecule has 0 aromatic carbocycles. The van der Waals surface area contributed by atoms with Gasteiger partial charge < -0.3 is 5.11 Å². The Kier molecular flexibility index (Phi) is 3.36. The Bertz CT molecular complexity index is 309. The van der Waals surface area contributed by atoms with E-state index in [0.717, 1.165) is 5.69 Å². The van der Waals surface area contributed by atoms with Crippen molar-refractivity contribution in [2.45, 2.75) is 19.9 Å². The van der Waals surface area contributed by atoms with E-state index in [2.05, 4.69) is 17.7 Å². The minimum absolute atomic E-state index is 0.0316. The quantitative estimate of drug-likeness (QED) is 0.702. The Hall–Kier alpha value is -0.970. The minimum Gasteiger partial charge on any atom is -0.493 e. The molecule has 0 saturated heterocycles. The van der Waals surface area contributed by atoms with Gasteiger partial charge in [-0.3, -0.25) is 4.79 Å². The normalized spacial score (nSPS) is 10.3. The first-order valence-electron chi connectivity index (χ1n) is 3.99. The Morgan fingerprint density at radius 3 is 3.00 bits per heavy atom. The van der Waals surface area contributed by atoms with Crippen LogP contribution < -0.4 is 0 Å². The number of nitrogens with zero attached hydrogens (tertiary/aromatic N) is 2. The lowest BCUT2D eigenvalue weighted by atomic mass is 10.3. The lowest BCUT2D eigenvalue weighted by Gasteiger charge is -1.97. The second kappa shape index (κ2) is 4.32. The van der Waals surface area contributed by atoms with Crippen LogP contribution in [0.4, 0.5) is 0 Å². The number of ketones is 1. The third kappa shape index (κ3) is 2.77. The fourth-order valence-corrected chi connectivity index (χ4v) is 1.25. The molecule has 1 heterocycles. The lowest BCUT2D eigenvalue weighted by molar-refractivity contribution is -0.117. The third-order valence-corrected chi connectivity index (χ3v) is 1.77. The zero-order valence-electron chi connectivity index (χ0n) is 7.40. The van der Waals surface area contributed by atoms with Gasteiger partial charge in [-0.2, -0.15) is 17.7 Å². The van der Waals surface area contributed by atoms with Crippen molar-refractivity contribution < 1.29 is 9.90 Å². The number of rotatable bonds is 4. The van der Waals surface area contributed by atoms with Crippen molar-refractivity contribution in [1.82, 2.24) is 9.78 Å². The molecular formula is C8H12N2O2S. The molecule has 1 N–H and O–H groups in total. The van der Waals surface area contributed by atoms with Gasteiger partial charge in [0.25, 0.3) is 0 Å². The van der Waals surface area contributed by atoms with Crippen LogP contribution in [-0.4, -0.2) is 26.4 Å². The second-order valence-corrected chi connectivity index (χ2v) is 3.27. The van der Waals surface area contributed by atoms with Gasteiger partial charge in [0.2, 0.25) is 5.88 Å². The van der Waals surface area contributed by atoms with E-state index in [1.807, 2.05) is 0 Å². The van der Waals surface area contributed by atoms with Gasteiger partial charge >= 0.3 is 0 Å². The highest BCUT2D eigenvalue weighted by atomic mass is 32.1. The SMILES string of the molecule is CC(=O)Cn1nc(CCS)cc1O. The van der Waals surface area contributed by atoms with Gasteiger partial charge in [-0.15, -0.1) is 0 Å². The summed E-state index contributed by atoms with van der Waals surface area (Å²) in [6.45, 7) is 1.58. The van der Waals surface area contributed by atoms with Crippen LogP contribution in [0, 0.1) is 0 Å². The largest absolute Gasteiger partial charge is 0.493 e. The number of aromatic hydroxyl groups is 1. The first-order chi connectivity index (χ1) is 6.13. The number of thiol groups is 1. The van der Waals surface area contributed by atoms with Crippen molar-refractivity contribution in [3.63, 3.8) is 0 Å². The first-order valence-corrected chi connectivity index (χ1v) is 4.62. The van der Waals surface area contributed by atoms with Crippen molar-refractivity contribution in [2.75, 3.05) is 5.75 Å². The number of carbonyl (C=O) groups is 1. The predicted molar refractivity (Wildman–Crippen MR) is 52.1 cm³/mol. The minimum atomic E-state index is -0.0316. The monoisotopic (exact) mass is 200 g/mol. The highest BCUT2D eigenvalue weighted by molar-refractivity contribution is 7.80. The number of hydrogen-bond acceptors (Lipinski definition) is 4.